The highest BCUT2D eigenvalue weighted by atomic mass is 19.1. The number of carbonyl (C=O) groups excluding carboxylic acids is 1. The molecule has 112 valence electrons. The standard InChI is InChI=1S/C15H14FN5O/c1-20-9-12(8-17-20)15(22)18-14-6-7-21(19-14)10-11-4-2-3-5-13(11)16/h2-9H,10H2,1H3,(H,18,19,22). The average Bonchev–Trinajstić information content (AvgIpc) is 3.11. The molecular weight excluding hydrogens is 285 g/mol. The van der Waals surface area contributed by atoms with Crippen molar-refractivity contribution in [1.82, 2.24) is 19.6 Å². The van der Waals surface area contributed by atoms with Crippen LogP contribution in [0.15, 0.2) is 48.9 Å². The SMILES string of the molecule is Cn1cc(C(=O)Nc2ccn(Cc3ccccc3F)n2)cn1. The lowest BCUT2D eigenvalue weighted by molar-refractivity contribution is 0.102. The van der Waals surface area contributed by atoms with Gasteiger partial charge in [-0.1, -0.05) is 18.2 Å². The fraction of sp³-hybridized carbons (Fsp3) is 0.133. The van der Waals surface area contributed by atoms with E-state index in [9.17, 15) is 9.18 Å². The summed E-state index contributed by atoms with van der Waals surface area (Å²) in [4.78, 5) is 12.0. The van der Waals surface area contributed by atoms with Gasteiger partial charge in [0.1, 0.15) is 5.82 Å². The quantitative estimate of drug-likeness (QED) is 0.802. The summed E-state index contributed by atoms with van der Waals surface area (Å²) in [6.45, 7) is 0.301. The van der Waals surface area contributed by atoms with E-state index in [1.54, 1.807) is 53.1 Å². The summed E-state index contributed by atoms with van der Waals surface area (Å²) < 4.78 is 16.7. The average molecular weight is 299 g/mol. The summed E-state index contributed by atoms with van der Waals surface area (Å²) in [7, 11) is 1.74. The third kappa shape index (κ3) is 3.03. The van der Waals surface area contributed by atoms with Gasteiger partial charge < -0.3 is 5.32 Å². The Morgan fingerprint density at radius 2 is 2.14 bits per heavy atom. The number of nitrogens with zero attached hydrogens (tertiary/aromatic N) is 4. The van der Waals surface area contributed by atoms with Crippen LogP contribution in [0.25, 0.3) is 0 Å². The van der Waals surface area contributed by atoms with Gasteiger partial charge in [0.05, 0.1) is 18.3 Å². The van der Waals surface area contributed by atoms with E-state index in [2.05, 4.69) is 15.5 Å². The zero-order chi connectivity index (χ0) is 15.5. The molecule has 0 radical (unpaired) electrons. The van der Waals surface area contributed by atoms with Gasteiger partial charge in [-0.15, -0.1) is 0 Å². The Hall–Kier alpha value is -2.96. The van der Waals surface area contributed by atoms with Gasteiger partial charge in [-0.3, -0.25) is 14.2 Å². The molecule has 0 saturated heterocycles. The maximum Gasteiger partial charge on any atom is 0.260 e. The van der Waals surface area contributed by atoms with Crippen LogP contribution >= 0.6 is 0 Å². The zero-order valence-electron chi connectivity index (χ0n) is 11.9. The molecule has 0 aliphatic heterocycles. The van der Waals surface area contributed by atoms with Crippen molar-refractivity contribution in [3.63, 3.8) is 0 Å². The molecule has 0 bridgehead atoms. The smallest absolute Gasteiger partial charge is 0.260 e. The van der Waals surface area contributed by atoms with Gasteiger partial charge in [-0.25, -0.2) is 4.39 Å². The summed E-state index contributed by atoms with van der Waals surface area (Å²) in [5.74, 6) is -0.159. The van der Waals surface area contributed by atoms with Crippen LogP contribution in [0.2, 0.25) is 0 Å². The number of hydrogen-bond donors (Lipinski definition) is 1. The van der Waals surface area contributed by atoms with Crippen LogP contribution in [0.5, 0.6) is 0 Å². The Kier molecular flexibility index (Phi) is 3.69. The Bertz CT molecular complexity index is 808. The molecular formula is C15H14FN5O. The maximum absolute atomic E-state index is 13.6. The van der Waals surface area contributed by atoms with Gasteiger partial charge in [0.15, 0.2) is 5.82 Å². The van der Waals surface area contributed by atoms with Crippen LogP contribution in [-0.4, -0.2) is 25.5 Å². The molecule has 3 aromatic rings. The van der Waals surface area contributed by atoms with E-state index < -0.39 is 0 Å². The molecule has 1 aromatic carbocycles. The van der Waals surface area contributed by atoms with E-state index >= 15 is 0 Å². The number of benzene rings is 1. The first-order chi connectivity index (χ1) is 10.6. The highest BCUT2D eigenvalue weighted by Crippen LogP contribution is 2.11. The minimum absolute atomic E-state index is 0.279. The molecule has 0 atom stereocenters. The van der Waals surface area contributed by atoms with E-state index in [0.717, 1.165) is 0 Å². The molecule has 0 aliphatic carbocycles. The van der Waals surface area contributed by atoms with Crippen LogP contribution in [0.4, 0.5) is 10.2 Å². The molecule has 2 aromatic heterocycles. The van der Waals surface area contributed by atoms with E-state index in [4.69, 9.17) is 0 Å². The Balaban J connectivity index is 1.69. The van der Waals surface area contributed by atoms with Crippen molar-refractivity contribution >= 4 is 11.7 Å². The molecule has 6 nitrogen and oxygen atoms in total. The number of carbonyl (C=O) groups is 1. The number of rotatable bonds is 4. The lowest BCUT2D eigenvalue weighted by Crippen LogP contribution is -2.12. The fourth-order valence-electron chi connectivity index (χ4n) is 2.04. The maximum atomic E-state index is 13.6. The predicted octanol–water partition coefficient (Wildman–Crippen LogP) is 2.06. The van der Waals surface area contributed by atoms with Gasteiger partial charge in [0.2, 0.25) is 0 Å². The first-order valence-corrected chi connectivity index (χ1v) is 6.69. The van der Waals surface area contributed by atoms with Crippen molar-refractivity contribution in [3.05, 3.63) is 65.9 Å². The predicted molar refractivity (Wildman–Crippen MR) is 78.9 cm³/mol. The van der Waals surface area contributed by atoms with E-state index in [-0.39, 0.29) is 11.7 Å². The number of amides is 1. The first-order valence-electron chi connectivity index (χ1n) is 6.69. The van der Waals surface area contributed by atoms with Gasteiger partial charge in [0.25, 0.3) is 5.91 Å². The molecule has 0 unspecified atom stereocenters. The van der Waals surface area contributed by atoms with Crippen LogP contribution in [0, 0.1) is 5.82 Å². The number of aryl methyl sites for hydroxylation is 1. The van der Waals surface area contributed by atoms with Crippen LogP contribution in [0.1, 0.15) is 15.9 Å². The van der Waals surface area contributed by atoms with Gasteiger partial charge in [-0.05, 0) is 6.07 Å². The van der Waals surface area contributed by atoms with Crippen molar-refractivity contribution in [3.8, 4) is 0 Å². The molecule has 0 aliphatic rings. The first kappa shape index (κ1) is 14.0. The normalized spacial score (nSPS) is 10.6. The van der Waals surface area contributed by atoms with Gasteiger partial charge in [0, 0.05) is 31.1 Å². The number of anilines is 1. The van der Waals surface area contributed by atoms with Crippen molar-refractivity contribution in [2.75, 3.05) is 5.32 Å². The lowest BCUT2D eigenvalue weighted by atomic mass is 10.2. The third-order valence-corrected chi connectivity index (χ3v) is 3.14. The Morgan fingerprint density at radius 3 is 2.86 bits per heavy atom. The topological polar surface area (TPSA) is 64.7 Å². The van der Waals surface area contributed by atoms with E-state index in [0.29, 0.717) is 23.5 Å². The number of halogens is 1. The third-order valence-electron chi connectivity index (χ3n) is 3.14. The summed E-state index contributed by atoms with van der Waals surface area (Å²) in [5.41, 5.74) is 0.988. The summed E-state index contributed by atoms with van der Waals surface area (Å²) >= 11 is 0. The number of aromatic nitrogens is 4. The molecule has 7 heteroatoms. The van der Waals surface area contributed by atoms with Crippen molar-refractivity contribution in [2.45, 2.75) is 6.54 Å². The molecule has 3 rings (SSSR count). The van der Waals surface area contributed by atoms with Crippen LogP contribution in [-0.2, 0) is 13.6 Å². The highest BCUT2D eigenvalue weighted by Gasteiger charge is 2.10. The molecule has 0 spiro atoms. The van der Waals surface area contributed by atoms with E-state index in [1.165, 1.54) is 12.3 Å². The van der Waals surface area contributed by atoms with Crippen molar-refractivity contribution in [1.29, 1.82) is 0 Å². The number of nitrogens with one attached hydrogen (secondary N) is 1. The minimum atomic E-state index is -0.288. The monoisotopic (exact) mass is 299 g/mol. The molecule has 2 heterocycles. The summed E-state index contributed by atoms with van der Waals surface area (Å²) in [6.07, 6.45) is 4.78. The molecule has 0 saturated carbocycles. The van der Waals surface area contributed by atoms with Crippen LogP contribution in [0.3, 0.4) is 0 Å². The fourth-order valence-corrected chi connectivity index (χ4v) is 2.04. The second-order valence-electron chi connectivity index (χ2n) is 4.85. The second-order valence-corrected chi connectivity index (χ2v) is 4.85. The van der Waals surface area contributed by atoms with Crippen molar-refractivity contribution in [2.24, 2.45) is 7.05 Å². The Labute approximate surface area is 126 Å². The zero-order valence-corrected chi connectivity index (χ0v) is 11.9. The molecule has 0 fully saturated rings. The highest BCUT2D eigenvalue weighted by molar-refractivity contribution is 6.03. The van der Waals surface area contributed by atoms with Crippen LogP contribution < -0.4 is 5.32 Å². The summed E-state index contributed by atoms with van der Waals surface area (Å²) in [5, 5.41) is 10.8. The van der Waals surface area contributed by atoms with E-state index in [1.807, 2.05) is 0 Å². The molecule has 22 heavy (non-hydrogen) atoms. The largest absolute Gasteiger partial charge is 0.305 e. The van der Waals surface area contributed by atoms with Gasteiger partial charge >= 0.3 is 0 Å². The summed E-state index contributed by atoms with van der Waals surface area (Å²) in [6, 6.07) is 8.18. The molecule has 1 N–H and O–H groups in total. The lowest BCUT2D eigenvalue weighted by Gasteiger charge is -2.03. The second kappa shape index (κ2) is 5.80. The Morgan fingerprint density at radius 1 is 1.32 bits per heavy atom. The molecule has 1 amide bonds. The minimum Gasteiger partial charge on any atom is -0.305 e. The number of hydrogen-bond acceptors (Lipinski definition) is 3. The van der Waals surface area contributed by atoms with Gasteiger partial charge in [-0.2, -0.15) is 10.2 Å². The van der Waals surface area contributed by atoms with Crippen molar-refractivity contribution < 1.29 is 9.18 Å².